The van der Waals surface area contributed by atoms with E-state index < -0.39 is 0 Å². The molecule has 0 aliphatic carbocycles. The van der Waals surface area contributed by atoms with E-state index in [1.165, 1.54) is 0 Å². The number of nitrogens with two attached hydrogens (primary N) is 1. The second kappa shape index (κ2) is 8.18. The Morgan fingerprint density at radius 3 is 2.40 bits per heavy atom. The topological polar surface area (TPSA) is 26.0 Å². The van der Waals surface area contributed by atoms with Crippen LogP contribution in [0.3, 0.4) is 0 Å². The molecule has 56 valence electrons. The van der Waals surface area contributed by atoms with Gasteiger partial charge in [-0.25, -0.2) is 0 Å². The Bertz CT molecular complexity index is 132. The third kappa shape index (κ3) is 7.18. The van der Waals surface area contributed by atoms with E-state index in [0.717, 1.165) is 13.0 Å². The van der Waals surface area contributed by atoms with E-state index in [-0.39, 0.29) is 0 Å². The summed E-state index contributed by atoms with van der Waals surface area (Å²) in [5, 5.41) is 0. The van der Waals surface area contributed by atoms with Crippen LogP contribution in [0.5, 0.6) is 0 Å². The van der Waals surface area contributed by atoms with Crippen molar-refractivity contribution in [2.24, 2.45) is 5.73 Å². The van der Waals surface area contributed by atoms with Crippen molar-refractivity contribution in [3.8, 4) is 0 Å². The summed E-state index contributed by atoms with van der Waals surface area (Å²) >= 11 is 0. The summed E-state index contributed by atoms with van der Waals surface area (Å²) in [4.78, 5) is 0. The first kappa shape index (κ1) is 9.18. The standard InChI is InChI=1S/C9H15N/c1-2-3-4-5-6-7-8-9-10/h2-7H,8-10H2,1H3/b3-2-,5-4-,7-6+. The molecule has 0 aliphatic heterocycles. The van der Waals surface area contributed by atoms with E-state index >= 15 is 0 Å². The lowest BCUT2D eigenvalue weighted by molar-refractivity contribution is 1.01. The number of allylic oxidation sites excluding steroid dienone is 5. The Morgan fingerprint density at radius 1 is 1.10 bits per heavy atom. The highest BCUT2D eigenvalue weighted by atomic mass is 14.5. The van der Waals surface area contributed by atoms with Gasteiger partial charge in [-0.05, 0) is 19.9 Å². The third-order valence-electron chi connectivity index (χ3n) is 0.995. The highest BCUT2D eigenvalue weighted by molar-refractivity contribution is 5.10. The van der Waals surface area contributed by atoms with Crippen LogP contribution >= 0.6 is 0 Å². The van der Waals surface area contributed by atoms with E-state index in [9.17, 15) is 0 Å². The van der Waals surface area contributed by atoms with Crippen molar-refractivity contribution >= 4 is 0 Å². The van der Waals surface area contributed by atoms with Crippen LogP contribution in [0.1, 0.15) is 13.3 Å². The molecular formula is C9H15N. The number of hydrogen-bond donors (Lipinski definition) is 1. The van der Waals surface area contributed by atoms with Crippen molar-refractivity contribution in [3.05, 3.63) is 36.5 Å². The largest absolute Gasteiger partial charge is 0.330 e. The maximum absolute atomic E-state index is 5.28. The zero-order valence-electron chi connectivity index (χ0n) is 6.46. The van der Waals surface area contributed by atoms with Gasteiger partial charge in [0, 0.05) is 0 Å². The SMILES string of the molecule is C\C=C/C=C\C=C\CCN. The molecule has 0 amide bonds. The molecule has 0 atom stereocenters. The number of hydrogen-bond acceptors (Lipinski definition) is 1. The van der Waals surface area contributed by atoms with E-state index in [2.05, 4.69) is 6.08 Å². The van der Waals surface area contributed by atoms with Gasteiger partial charge >= 0.3 is 0 Å². The molecule has 0 bridgehead atoms. The summed E-state index contributed by atoms with van der Waals surface area (Å²) < 4.78 is 0. The summed E-state index contributed by atoms with van der Waals surface area (Å²) in [5.74, 6) is 0. The average Bonchev–Trinajstić information content (AvgIpc) is 1.97. The first-order valence-corrected chi connectivity index (χ1v) is 3.56. The van der Waals surface area contributed by atoms with Gasteiger partial charge in [-0.3, -0.25) is 0 Å². The van der Waals surface area contributed by atoms with Crippen molar-refractivity contribution in [1.82, 2.24) is 0 Å². The van der Waals surface area contributed by atoms with Crippen molar-refractivity contribution < 1.29 is 0 Å². The summed E-state index contributed by atoms with van der Waals surface area (Å²) in [6, 6.07) is 0. The summed E-state index contributed by atoms with van der Waals surface area (Å²) in [7, 11) is 0. The maximum atomic E-state index is 5.28. The van der Waals surface area contributed by atoms with E-state index in [1.807, 2.05) is 37.3 Å². The molecule has 0 aromatic rings. The molecule has 0 fully saturated rings. The molecule has 0 heterocycles. The van der Waals surface area contributed by atoms with Crippen molar-refractivity contribution in [1.29, 1.82) is 0 Å². The molecular weight excluding hydrogens is 122 g/mol. The first-order chi connectivity index (χ1) is 4.91. The molecule has 1 heteroatoms. The Balaban J connectivity index is 3.32. The highest BCUT2D eigenvalue weighted by Crippen LogP contribution is 1.82. The maximum Gasteiger partial charge on any atom is -0.00425 e. The predicted octanol–water partition coefficient (Wildman–Crippen LogP) is 2.02. The monoisotopic (exact) mass is 137 g/mol. The Hall–Kier alpha value is -0.820. The third-order valence-corrected chi connectivity index (χ3v) is 0.995. The van der Waals surface area contributed by atoms with Crippen LogP contribution in [-0.4, -0.2) is 6.54 Å². The summed E-state index contributed by atoms with van der Waals surface area (Å²) in [5.41, 5.74) is 5.28. The fraction of sp³-hybridized carbons (Fsp3) is 0.333. The summed E-state index contributed by atoms with van der Waals surface area (Å²) in [6.07, 6.45) is 13.0. The molecule has 0 rings (SSSR count). The van der Waals surface area contributed by atoms with E-state index in [4.69, 9.17) is 5.73 Å². The van der Waals surface area contributed by atoms with Crippen LogP contribution in [0, 0.1) is 0 Å². The lowest BCUT2D eigenvalue weighted by atomic mass is 10.3. The fourth-order valence-corrected chi connectivity index (χ4v) is 0.510. The normalized spacial score (nSPS) is 12.6. The Kier molecular flexibility index (Phi) is 7.51. The van der Waals surface area contributed by atoms with Gasteiger partial charge in [0.2, 0.25) is 0 Å². The smallest absolute Gasteiger partial charge is 0.00425 e. The highest BCUT2D eigenvalue weighted by Gasteiger charge is 1.67. The molecule has 0 aliphatic rings. The zero-order valence-corrected chi connectivity index (χ0v) is 6.46. The minimum atomic E-state index is 0.730. The number of rotatable bonds is 4. The lowest BCUT2D eigenvalue weighted by Gasteiger charge is -1.79. The van der Waals surface area contributed by atoms with E-state index in [1.54, 1.807) is 0 Å². The van der Waals surface area contributed by atoms with Crippen molar-refractivity contribution in [2.75, 3.05) is 6.54 Å². The minimum Gasteiger partial charge on any atom is -0.330 e. The van der Waals surface area contributed by atoms with Gasteiger partial charge in [-0.2, -0.15) is 0 Å². The Labute approximate surface area is 62.9 Å². The molecule has 0 aromatic carbocycles. The Morgan fingerprint density at radius 2 is 1.80 bits per heavy atom. The fourth-order valence-electron chi connectivity index (χ4n) is 0.510. The molecule has 0 aromatic heterocycles. The van der Waals surface area contributed by atoms with Crippen LogP contribution in [0.15, 0.2) is 36.5 Å². The van der Waals surface area contributed by atoms with Gasteiger partial charge < -0.3 is 5.73 Å². The van der Waals surface area contributed by atoms with Gasteiger partial charge in [0.1, 0.15) is 0 Å². The minimum absolute atomic E-state index is 0.730. The molecule has 0 saturated carbocycles. The molecule has 0 radical (unpaired) electrons. The average molecular weight is 137 g/mol. The summed E-state index contributed by atoms with van der Waals surface area (Å²) in [6.45, 7) is 2.72. The van der Waals surface area contributed by atoms with Crippen molar-refractivity contribution in [2.45, 2.75) is 13.3 Å². The van der Waals surface area contributed by atoms with Crippen LogP contribution in [0.2, 0.25) is 0 Å². The quantitative estimate of drug-likeness (QED) is 0.589. The second-order valence-corrected chi connectivity index (χ2v) is 1.92. The van der Waals surface area contributed by atoms with Crippen LogP contribution in [-0.2, 0) is 0 Å². The van der Waals surface area contributed by atoms with Gasteiger partial charge in [0.15, 0.2) is 0 Å². The molecule has 0 spiro atoms. The second-order valence-electron chi connectivity index (χ2n) is 1.92. The molecule has 1 nitrogen and oxygen atoms in total. The van der Waals surface area contributed by atoms with Gasteiger partial charge in [0.05, 0.1) is 0 Å². The molecule has 2 N–H and O–H groups in total. The first-order valence-electron chi connectivity index (χ1n) is 3.56. The molecule has 0 unspecified atom stereocenters. The van der Waals surface area contributed by atoms with Crippen molar-refractivity contribution in [3.63, 3.8) is 0 Å². The molecule has 10 heavy (non-hydrogen) atoms. The lowest BCUT2D eigenvalue weighted by Crippen LogP contribution is -1.94. The zero-order chi connectivity index (χ0) is 7.66. The van der Waals surface area contributed by atoms with Gasteiger partial charge in [-0.15, -0.1) is 0 Å². The van der Waals surface area contributed by atoms with Gasteiger partial charge in [-0.1, -0.05) is 36.5 Å². The van der Waals surface area contributed by atoms with Crippen LogP contribution < -0.4 is 5.73 Å². The van der Waals surface area contributed by atoms with Crippen LogP contribution in [0.4, 0.5) is 0 Å². The van der Waals surface area contributed by atoms with Crippen LogP contribution in [0.25, 0.3) is 0 Å². The van der Waals surface area contributed by atoms with E-state index in [0.29, 0.717) is 0 Å². The molecule has 0 saturated heterocycles. The van der Waals surface area contributed by atoms with Gasteiger partial charge in [0.25, 0.3) is 0 Å². The predicted molar refractivity (Wildman–Crippen MR) is 46.8 cm³/mol.